The fourth-order valence-electron chi connectivity index (χ4n) is 3.12. The summed E-state index contributed by atoms with van der Waals surface area (Å²) in [4.78, 5) is 21.5. The molecule has 172 valence electrons. The minimum absolute atomic E-state index is 0.133. The summed E-state index contributed by atoms with van der Waals surface area (Å²) < 4.78 is 31.5. The molecule has 0 unspecified atom stereocenters. The number of fused-ring (bicyclic) bond motifs is 1. The fourth-order valence-corrected chi connectivity index (χ4v) is 5.52. The number of benzene rings is 2. The zero-order valence-corrected chi connectivity index (χ0v) is 20.6. The normalized spacial score (nSPS) is 11.8. The second kappa shape index (κ2) is 10.6. The van der Waals surface area contributed by atoms with E-state index in [-0.39, 0.29) is 23.0 Å². The van der Waals surface area contributed by atoms with Crippen molar-refractivity contribution in [3.63, 3.8) is 0 Å². The van der Waals surface area contributed by atoms with Crippen LogP contribution in [0.15, 0.2) is 47.4 Å². The summed E-state index contributed by atoms with van der Waals surface area (Å²) >= 11 is 7.24. The number of ether oxygens (including phenoxy) is 1. The van der Waals surface area contributed by atoms with Crippen molar-refractivity contribution in [2.45, 2.75) is 17.7 Å². The number of hydrogen-bond donors (Lipinski definition) is 0. The number of aromatic nitrogens is 1. The largest absolute Gasteiger partial charge is 0.497 e. The first-order valence-corrected chi connectivity index (χ1v) is 12.9. The third kappa shape index (κ3) is 6.19. The van der Waals surface area contributed by atoms with Crippen LogP contribution in [0.4, 0.5) is 5.13 Å². The number of halogens is 1. The van der Waals surface area contributed by atoms with Crippen LogP contribution in [-0.2, 0) is 14.6 Å². The van der Waals surface area contributed by atoms with Gasteiger partial charge in [0.2, 0.25) is 5.91 Å². The van der Waals surface area contributed by atoms with E-state index in [9.17, 15) is 13.2 Å². The van der Waals surface area contributed by atoms with Gasteiger partial charge in [0.25, 0.3) is 0 Å². The number of rotatable bonds is 10. The van der Waals surface area contributed by atoms with Gasteiger partial charge in [-0.1, -0.05) is 22.9 Å². The Kier molecular flexibility index (Phi) is 8.10. The Balaban J connectivity index is 1.80. The average Bonchev–Trinajstić information content (AvgIpc) is 3.18. The van der Waals surface area contributed by atoms with Crippen molar-refractivity contribution in [3.8, 4) is 5.75 Å². The number of thiazole rings is 1. The van der Waals surface area contributed by atoms with Gasteiger partial charge in [-0.15, -0.1) is 0 Å². The Morgan fingerprint density at radius 3 is 2.50 bits per heavy atom. The van der Waals surface area contributed by atoms with Crippen molar-refractivity contribution in [1.29, 1.82) is 0 Å². The molecule has 0 aliphatic carbocycles. The standard InChI is InChI=1S/C22H26ClN3O4S2/c1-25(2)12-4-13-26(22-24-19-10-7-17(30-3)15-20(19)31-22)21(27)11-14-32(28,29)18-8-5-16(23)6-9-18/h5-10,15H,4,11-14H2,1-3H3. The molecule has 0 saturated heterocycles. The van der Waals surface area contributed by atoms with Gasteiger partial charge in [-0.3, -0.25) is 9.69 Å². The van der Waals surface area contributed by atoms with Crippen molar-refractivity contribution in [2.24, 2.45) is 0 Å². The van der Waals surface area contributed by atoms with E-state index >= 15 is 0 Å². The molecule has 0 radical (unpaired) electrons. The molecule has 0 aliphatic heterocycles. The average molecular weight is 496 g/mol. The molecule has 7 nitrogen and oxygen atoms in total. The van der Waals surface area contributed by atoms with E-state index in [0.29, 0.717) is 22.4 Å². The first kappa shape index (κ1) is 24.4. The van der Waals surface area contributed by atoms with Crippen molar-refractivity contribution in [1.82, 2.24) is 9.88 Å². The molecular formula is C22H26ClN3O4S2. The molecule has 0 fully saturated rings. The van der Waals surface area contributed by atoms with Crippen LogP contribution < -0.4 is 9.64 Å². The van der Waals surface area contributed by atoms with Crippen LogP contribution >= 0.6 is 22.9 Å². The Morgan fingerprint density at radius 1 is 1.12 bits per heavy atom. The van der Waals surface area contributed by atoms with Gasteiger partial charge in [-0.2, -0.15) is 0 Å². The van der Waals surface area contributed by atoms with E-state index in [2.05, 4.69) is 4.98 Å². The Hall–Kier alpha value is -2.20. The van der Waals surface area contributed by atoms with Crippen LogP contribution in [0.5, 0.6) is 5.75 Å². The molecule has 0 aliphatic rings. The van der Waals surface area contributed by atoms with E-state index in [4.69, 9.17) is 16.3 Å². The maximum atomic E-state index is 13.1. The summed E-state index contributed by atoms with van der Waals surface area (Å²) in [6.07, 6.45) is 0.605. The lowest BCUT2D eigenvalue weighted by Gasteiger charge is -2.21. The summed E-state index contributed by atoms with van der Waals surface area (Å²) in [6, 6.07) is 11.5. The zero-order valence-electron chi connectivity index (χ0n) is 18.2. The lowest BCUT2D eigenvalue weighted by Crippen LogP contribution is -2.34. The van der Waals surface area contributed by atoms with Crippen molar-refractivity contribution >= 4 is 54.0 Å². The minimum Gasteiger partial charge on any atom is -0.497 e. The van der Waals surface area contributed by atoms with Gasteiger partial charge in [0.05, 0.1) is 28.0 Å². The predicted octanol–water partition coefficient (Wildman–Crippen LogP) is 4.11. The first-order valence-electron chi connectivity index (χ1n) is 10.1. The maximum absolute atomic E-state index is 13.1. The monoisotopic (exact) mass is 495 g/mol. The molecule has 32 heavy (non-hydrogen) atoms. The molecule has 1 aromatic heterocycles. The lowest BCUT2D eigenvalue weighted by molar-refractivity contribution is -0.118. The maximum Gasteiger partial charge on any atom is 0.229 e. The van der Waals surface area contributed by atoms with Crippen LogP contribution in [0, 0.1) is 0 Å². The molecule has 10 heteroatoms. The number of nitrogens with zero attached hydrogens (tertiary/aromatic N) is 3. The molecule has 0 bridgehead atoms. The Labute approximate surface area is 197 Å². The highest BCUT2D eigenvalue weighted by Gasteiger charge is 2.23. The minimum atomic E-state index is -3.60. The highest BCUT2D eigenvalue weighted by molar-refractivity contribution is 7.91. The van der Waals surface area contributed by atoms with Gasteiger partial charge in [0.1, 0.15) is 5.75 Å². The molecule has 2 aromatic carbocycles. The topological polar surface area (TPSA) is 79.8 Å². The third-order valence-electron chi connectivity index (χ3n) is 4.86. The third-order valence-corrected chi connectivity index (χ3v) is 7.89. The Morgan fingerprint density at radius 2 is 1.84 bits per heavy atom. The van der Waals surface area contributed by atoms with Crippen molar-refractivity contribution in [2.75, 3.05) is 44.9 Å². The molecule has 0 saturated carbocycles. The highest BCUT2D eigenvalue weighted by Crippen LogP contribution is 2.32. The molecule has 0 spiro atoms. The number of carbonyl (C=O) groups excluding carboxylic acids is 1. The molecule has 1 heterocycles. The van der Waals surface area contributed by atoms with Crippen molar-refractivity contribution in [3.05, 3.63) is 47.5 Å². The quantitative estimate of drug-likeness (QED) is 0.421. The molecule has 3 rings (SSSR count). The number of anilines is 1. The number of sulfone groups is 1. The molecule has 1 amide bonds. The number of hydrogen-bond acceptors (Lipinski definition) is 7. The molecule has 0 N–H and O–H groups in total. The molecule has 0 atom stereocenters. The highest BCUT2D eigenvalue weighted by atomic mass is 35.5. The van der Waals surface area contributed by atoms with E-state index in [1.165, 1.54) is 35.6 Å². The zero-order chi connectivity index (χ0) is 23.3. The molecular weight excluding hydrogens is 470 g/mol. The number of carbonyl (C=O) groups is 1. The van der Waals surface area contributed by atoms with Gasteiger partial charge in [0, 0.05) is 18.0 Å². The second-order valence-corrected chi connectivity index (χ2v) is 11.1. The van der Waals surface area contributed by atoms with Crippen LogP contribution in [-0.4, -0.2) is 64.3 Å². The summed E-state index contributed by atoms with van der Waals surface area (Å²) in [5, 5.41) is 1.01. The predicted molar refractivity (Wildman–Crippen MR) is 130 cm³/mol. The van der Waals surface area contributed by atoms with Gasteiger partial charge in [0.15, 0.2) is 15.0 Å². The fraction of sp³-hybridized carbons (Fsp3) is 0.364. The number of methoxy groups -OCH3 is 1. The van der Waals surface area contributed by atoms with Gasteiger partial charge in [-0.25, -0.2) is 13.4 Å². The van der Waals surface area contributed by atoms with Gasteiger partial charge < -0.3 is 9.64 Å². The summed E-state index contributed by atoms with van der Waals surface area (Å²) in [6.45, 7) is 1.25. The van der Waals surface area contributed by atoms with E-state index < -0.39 is 9.84 Å². The van der Waals surface area contributed by atoms with Crippen molar-refractivity contribution < 1.29 is 17.9 Å². The summed E-state index contributed by atoms with van der Waals surface area (Å²) in [7, 11) is 1.93. The van der Waals surface area contributed by atoms with Crippen LogP contribution in [0.3, 0.4) is 0 Å². The number of amides is 1. The van der Waals surface area contributed by atoms with Crippen LogP contribution in [0.1, 0.15) is 12.8 Å². The lowest BCUT2D eigenvalue weighted by atomic mass is 10.3. The summed E-state index contributed by atoms with van der Waals surface area (Å²) in [5.41, 5.74) is 0.769. The second-order valence-electron chi connectivity index (χ2n) is 7.56. The van der Waals surface area contributed by atoms with Gasteiger partial charge in [-0.05, 0) is 69.5 Å². The van der Waals surface area contributed by atoms with Gasteiger partial charge >= 0.3 is 0 Å². The van der Waals surface area contributed by atoms with Crippen LogP contribution in [0.25, 0.3) is 10.2 Å². The van der Waals surface area contributed by atoms with E-state index in [1.54, 1.807) is 12.0 Å². The van der Waals surface area contributed by atoms with E-state index in [1.807, 2.05) is 37.2 Å². The van der Waals surface area contributed by atoms with E-state index in [0.717, 1.165) is 23.2 Å². The SMILES string of the molecule is COc1ccc2nc(N(CCCN(C)C)C(=O)CCS(=O)(=O)c3ccc(Cl)cc3)sc2c1. The Bertz CT molecular complexity index is 1180. The molecule has 3 aromatic rings. The van der Waals surface area contributed by atoms with Crippen LogP contribution in [0.2, 0.25) is 5.02 Å². The summed E-state index contributed by atoms with van der Waals surface area (Å²) in [5.74, 6) is 0.163. The smallest absolute Gasteiger partial charge is 0.229 e. The first-order chi connectivity index (χ1) is 15.2.